The highest BCUT2D eigenvalue weighted by atomic mass is 16.5. The maximum atomic E-state index is 12.9. The van der Waals surface area contributed by atoms with Crippen molar-refractivity contribution in [3.8, 4) is 0 Å². The second-order valence-corrected chi connectivity index (χ2v) is 5.74. The number of nitrogens with zero attached hydrogens (tertiary/aromatic N) is 2. The first-order valence-electron chi connectivity index (χ1n) is 7.74. The lowest BCUT2D eigenvalue weighted by Crippen LogP contribution is -2.47. The average molecular weight is 326 g/mol. The van der Waals surface area contributed by atoms with E-state index in [1.165, 1.54) is 18.2 Å². The van der Waals surface area contributed by atoms with Crippen molar-refractivity contribution in [1.29, 1.82) is 0 Å². The molecule has 1 aliphatic rings. The number of aromatic carboxylic acids is 1. The summed E-state index contributed by atoms with van der Waals surface area (Å²) in [4.78, 5) is 29.7. The van der Waals surface area contributed by atoms with Gasteiger partial charge < -0.3 is 14.7 Å². The normalized spacial score (nSPS) is 20.6. The van der Waals surface area contributed by atoms with E-state index >= 15 is 0 Å². The Morgan fingerprint density at radius 2 is 1.83 bits per heavy atom. The van der Waals surface area contributed by atoms with Crippen LogP contribution in [-0.2, 0) is 4.74 Å². The van der Waals surface area contributed by atoms with Crippen LogP contribution in [0.4, 0.5) is 0 Å². The second-order valence-electron chi connectivity index (χ2n) is 5.74. The molecule has 2 aromatic rings. The molecule has 0 radical (unpaired) electrons. The van der Waals surface area contributed by atoms with Gasteiger partial charge in [0.05, 0.1) is 18.8 Å². The van der Waals surface area contributed by atoms with Crippen LogP contribution >= 0.6 is 0 Å². The number of benzene rings is 1. The number of carbonyl (C=O) groups excluding carboxylic acids is 1. The summed E-state index contributed by atoms with van der Waals surface area (Å²) in [5, 5.41) is 9.07. The van der Waals surface area contributed by atoms with Crippen LogP contribution < -0.4 is 0 Å². The number of carboxylic acids is 1. The predicted molar refractivity (Wildman–Crippen MR) is 86.8 cm³/mol. The summed E-state index contributed by atoms with van der Waals surface area (Å²) < 4.78 is 5.71. The smallest absolute Gasteiger partial charge is 0.354 e. The van der Waals surface area contributed by atoms with E-state index in [1.807, 2.05) is 37.3 Å². The molecule has 24 heavy (non-hydrogen) atoms. The van der Waals surface area contributed by atoms with Gasteiger partial charge in [0.2, 0.25) is 0 Å². The van der Waals surface area contributed by atoms with Gasteiger partial charge in [0, 0.05) is 6.54 Å². The third-order valence-corrected chi connectivity index (χ3v) is 4.00. The van der Waals surface area contributed by atoms with E-state index in [9.17, 15) is 9.59 Å². The number of aromatic nitrogens is 1. The van der Waals surface area contributed by atoms with Gasteiger partial charge in [0.25, 0.3) is 5.91 Å². The molecule has 1 saturated heterocycles. The Morgan fingerprint density at radius 1 is 1.12 bits per heavy atom. The quantitative estimate of drug-likeness (QED) is 0.937. The molecule has 124 valence electrons. The fraction of sp³-hybridized carbons (Fsp3) is 0.278. The van der Waals surface area contributed by atoms with Gasteiger partial charge in [-0.15, -0.1) is 0 Å². The number of ether oxygens (including phenoxy) is 1. The third kappa shape index (κ3) is 3.28. The maximum Gasteiger partial charge on any atom is 0.354 e. The molecule has 1 amide bonds. The zero-order valence-electron chi connectivity index (χ0n) is 13.3. The van der Waals surface area contributed by atoms with Crippen molar-refractivity contribution >= 4 is 11.9 Å². The molecule has 6 heteroatoms. The summed E-state index contributed by atoms with van der Waals surface area (Å²) >= 11 is 0. The Morgan fingerprint density at radius 3 is 2.54 bits per heavy atom. The molecule has 1 aromatic carbocycles. The maximum absolute atomic E-state index is 12.9. The summed E-state index contributed by atoms with van der Waals surface area (Å²) in [6, 6.07) is 13.9. The molecule has 1 aromatic heterocycles. The zero-order valence-corrected chi connectivity index (χ0v) is 13.3. The van der Waals surface area contributed by atoms with Gasteiger partial charge >= 0.3 is 5.97 Å². The molecule has 0 bridgehead atoms. The van der Waals surface area contributed by atoms with Gasteiger partial charge in [-0.1, -0.05) is 36.4 Å². The molecule has 0 saturated carbocycles. The summed E-state index contributed by atoms with van der Waals surface area (Å²) in [6.07, 6.45) is -0.0865. The number of hydrogen-bond donors (Lipinski definition) is 1. The van der Waals surface area contributed by atoms with E-state index < -0.39 is 5.97 Å². The molecule has 0 spiro atoms. The monoisotopic (exact) mass is 326 g/mol. The average Bonchev–Trinajstić information content (AvgIpc) is 2.62. The fourth-order valence-corrected chi connectivity index (χ4v) is 2.80. The molecular weight excluding hydrogens is 308 g/mol. The molecule has 0 aliphatic carbocycles. The van der Waals surface area contributed by atoms with Gasteiger partial charge in [0.15, 0.2) is 0 Å². The molecule has 3 rings (SSSR count). The number of hydrogen-bond acceptors (Lipinski definition) is 4. The molecule has 1 N–H and O–H groups in total. The SMILES string of the molecule is CC1CN(C(=O)c2cccc(C(=O)O)n2)C(c2ccccc2)CO1. The first-order chi connectivity index (χ1) is 11.6. The van der Waals surface area contributed by atoms with Gasteiger partial charge in [-0.3, -0.25) is 4.79 Å². The highest BCUT2D eigenvalue weighted by Gasteiger charge is 2.32. The first kappa shape index (κ1) is 16.1. The topological polar surface area (TPSA) is 79.7 Å². The van der Waals surface area contributed by atoms with E-state index in [-0.39, 0.29) is 29.4 Å². The van der Waals surface area contributed by atoms with Crippen LogP contribution in [0.15, 0.2) is 48.5 Å². The first-order valence-corrected chi connectivity index (χ1v) is 7.74. The number of morpholine rings is 1. The van der Waals surface area contributed by atoms with Crippen molar-refractivity contribution in [2.75, 3.05) is 13.2 Å². The third-order valence-electron chi connectivity index (χ3n) is 4.00. The molecule has 2 heterocycles. The van der Waals surface area contributed by atoms with Crippen LogP contribution in [0.1, 0.15) is 39.5 Å². The highest BCUT2D eigenvalue weighted by molar-refractivity contribution is 5.94. The van der Waals surface area contributed by atoms with Gasteiger partial charge in [-0.2, -0.15) is 0 Å². The van der Waals surface area contributed by atoms with Crippen molar-refractivity contribution < 1.29 is 19.4 Å². The summed E-state index contributed by atoms with van der Waals surface area (Å²) in [5.41, 5.74) is 0.968. The lowest BCUT2D eigenvalue weighted by atomic mass is 10.0. The lowest BCUT2D eigenvalue weighted by molar-refractivity contribution is -0.0449. The van der Waals surface area contributed by atoms with E-state index in [0.717, 1.165) is 5.56 Å². The Labute approximate surface area is 139 Å². The lowest BCUT2D eigenvalue weighted by Gasteiger charge is -2.38. The van der Waals surface area contributed by atoms with Crippen molar-refractivity contribution in [1.82, 2.24) is 9.88 Å². The van der Waals surface area contributed by atoms with Gasteiger partial charge in [-0.25, -0.2) is 9.78 Å². The van der Waals surface area contributed by atoms with Gasteiger partial charge in [0.1, 0.15) is 11.4 Å². The number of carbonyl (C=O) groups is 2. The Bertz CT molecular complexity index is 748. The van der Waals surface area contributed by atoms with Crippen LogP contribution in [0.25, 0.3) is 0 Å². The molecular formula is C18H18N2O4. The number of pyridine rings is 1. The molecule has 2 atom stereocenters. The molecule has 6 nitrogen and oxygen atoms in total. The number of rotatable bonds is 3. The minimum absolute atomic E-state index is 0.0865. The fourth-order valence-electron chi connectivity index (χ4n) is 2.80. The molecule has 1 fully saturated rings. The van der Waals surface area contributed by atoms with Crippen molar-refractivity contribution in [3.05, 3.63) is 65.5 Å². The van der Waals surface area contributed by atoms with Crippen molar-refractivity contribution in [3.63, 3.8) is 0 Å². The van der Waals surface area contributed by atoms with Crippen molar-refractivity contribution in [2.24, 2.45) is 0 Å². The van der Waals surface area contributed by atoms with E-state index in [2.05, 4.69) is 4.98 Å². The van der Waals surface area contributed by atoms with E-state index in [4.69, 9.17) is 9.84 Å². The Kier molecular flexibility index (Phi) is 4.57. The minimum Gasteiger partial charge on any atom is -0.477 e. The minimum atomic E-state index is -1.15. The Balaban J connectivity index is 1.92. The standard InChI is InChI=1S/C18H18N2O4/c1-12-10-20(16(11-24-12)13-6-3-2-4-7-13)17(21)14-8-5-9-15(19-14)18(22)23/h2-9,12,16H,10-11H2,1H3,(H,22,23). The van der Waals surface area contributed by atoms with Crippen molar-refractivity contribution in [2.45, 2.75) is 19.1 Å². The summed E-state index contributed by atoms with van der Waals surface area (Å²) in [6.45, 7) is 2.73. The van der Waals surface area contributed by atoms with E-state index in [1.54, 1.807) is 4.90 Å². The largest absolute Gasteiger partial charge is 0.477 e. The molecule has 1 aliphatic heterocycles. The van der Waals surface area contributed by atoms with Crippen LogP contribution in [-0.4, -0.2) is 46.1 Å². The van der Waals surface area contributed by atoms with Crippen LogP contribution in [0.3, 0.4) is 0 Å². The van der Waals surface area contributed by atoms with Crippen LogP contribution in [0.2, 0.25) is 0 Å². The summed E-state index contributed by atoms with van der Waals surface area (Å²) in [7, 11) is 0. The van der Waals surface area contributed by atoms with Crippen LogP contribution in [0, 0.1) is 0 Å². The number of carboxylic acid groups (broad SMARTS) is 1. The zero-order chi connectivity index (χ0) is 17.1. The van der Waals surface area contributed by atoms with E-state index in [0.29, 0.717) is 13.2 Å². The van der Waals surface area contributed by atoms with Crippen LogP contribution in [0.5, 0.6) is 0 Å². The highest BCUT2D eigenvalue weighted by Crippen LogP contribution is 2.27. The summed E-state index contributed by atoms with van der Waals surface area (Å²) in [5.74, 6) is -1.44. The second kappa shape index (κ2) is 6.80. The molecule has 2 unspecified atom stereocenters. The number of amides is 1. The van der Waals surface area contributed by atoms with Gasteiger partial charge in [-0.05, 0) is 24.6 Å². The predicted octanol–water partition coefficient (Wildman–Crippen LogP) is 2.38. The Hall–Kier alpha value is -2.73.